The molecule has 1 aromatic carbocycles. The lowest BCUT2D eigenvalue weighted by Gasteiger charge is -2.24. The smallest absolute Gasteiger partial charge is 0.305 e. The lowest BCUT2D eigenvalue weighted by atomic mass is 9.96. The molecule has 0 saturated heterocycles. The largest absolute Gasteiger partial charge is 0.466 e. The van der Waals surface area contributed by atoms with Crippen LogP contribution in [0, 0.1) is 0 Å². The first-order chi connectivity index (χ1) is 15.7. The first kappa shape index (κ1) is 26.3. The fraction of sp³-hybridized carbons (Fsp3) is 0.519. The number of rotatable bonds is 10. The molecule has 5 heteroatoms. The van der Waals surface area contributed by atoms with Crippen molar-refractivity contribution in [2.45, 2.75) is 77.2 Å². The Balaban J connectivity index is 0.00000176. The second kappa shape index (κ2) is 15.0. The summed E-state index contributed by atoms with van der Waals surface area (Å²) in [6.07, 6.45) is 14.8. The number of nitrogens with zero attached hydrogens (tertiary/aromatic N) is 1. The first-order valence-electron chi connectivity index (χ1n) is 12.2. The summed E-state index contributed by atoms with van der Waals surface area (Å²) in [7, 11) is 0. The predicted octanol–water partition coefficient (Wildman–Crippen LogP) is 6.97. The molecule has 0 fully saturated rings. The molecule has 4 nitrogen and oxygen atoms in total. The number of carbonyl (C=O) groups is 1. The number of benzene rings is 1. The summed E-state index contributed by atoms with van der Waals surface area (Å²) in [5, 5.41) is 3.83. The molecule has 2 aliphatic rings. The molecule has 1 aromatic rings. The lowest BCUT2D eigenvalue weighted by molar-refractivity contribution is -0.143. The Morgan fingerprint density at radius 2 is 1.84 bits per heavy atom. The van der Waals surface area contributed by atoms with Gasteiger partial charge < -0.3 is 14.4 Å². The van der Waals surface area contributed by atoms with Crippen LogP contribution in [0.1, 0.15) is 77.8 Å². The van der Waals surface area contributed by atoms with E-state index in [4.69, 9.17) is 4.74 Å². The Morgan fingerprint density at radius 1 is 1.09 bits per heavy atom. The molecule has 0 bridgehead atoms. The van der Waals surface area contributed by atoms with Crippen molar-refractivity contribution >= 4 is 17.9 Å². The first-order valence-corrected chi connectivity index (χ1v) is 13.0. The van der Waals surface area contributed by atoms with Gasteiger partial charge in [0.25, 0.3) is 0 Å². The van der Waals surface area contributed by atoms with E-state index in [0.717, 1.165) is 45.2 Å². The van der Waals surface area contributed by atoms with Gasteiger partial charge in [0.2, 0.25) is 0 Å². The molecular weight excluding hydrogens is 416 g/mol. The summed E-state index contributed by atoms with van der Waals surface area (Å²) in [4.78, 5) is 12.8. The van der Waals surface area contributed by atoms with E-state index in [2.05, 4.69) is 65.1 Å². The van der Waals surface area contributed by atoms with Gasteiger partial charge in [-0.3, -0.25) is 4.79 Å². The van der Waals surface area contributed by atoms with E-state index in [1.54, 1.807) is 0 Å². The molecule has 1 aliphatic heterocycles. The highest BCUT2D eigenvalue weighted by molar-refractivity contribution is 7.97. The Morgan fingerprint density at radius 3 is 2.62 bits per heavy atom. The lowest BCUT2D eigenvalue weighted by Crippen LogP contribution is -2.25. The van der Waals surface area contributed by atoms with E-state index < -0.39 is 0 Å². The summed E-state index contributed by atoms with van der Waals surface area (Å²) >= 11 is 1.84. The highest BCUT2D eigenvalue weighted by atomic mass is 32.2. The van der Waals surface area contributed by atoms with Crippen LogP contribution in [0.25, 0.3) is 0 Å². The Hall–Kier alpha value is -1.98. The van der Waals surface area contributed by atoms with Crippen LogP contribution in [-0.2, 0) is 9.53 Å². The van der Waals surface area contributed by atoms with E-state index in [1.165, 1.54) is 21.7 Å². The number of fused-ring (bicyclic) bond motifs is 1. The van der Waals surface area contributed by atoms with E-state index in [1.807, 2.05) is 32.7 Å². The van der Waals surface area contributed by atoms with Gasteiger partial charge in [0.15, 0.2) is 0 Å². The van der Waals surface area contributed by atoms with Crippen LogP contribution in [0.4, 0.5) is 0 Å². The minimum absolute atomic E-state index is 0.0728. The molecule has 32 heavy (non-hydrogen) atoms. The molecular formula is C27H40N2O2S. The van der Waals surface area contributed by atoms with Crippen molar-refractivity contribution in [1.82, 2.24) is 9.62 Å². The molecule has 0 saturated carbocycles. The predicted molar refractivity (Wildman–Crippen MR) is 136 cm³/mol. The molecule has 0 aromatic heterocycles. The van der Waals surface area contributed by atoms with Crippen molar-refractivity contribution in [1.29, 1.82) is 0 Å². The van der Waals surface area contributed by atoms with Crippen LogP contribution >= 0.6 is 11.9 Å². The van der Waals surface area contributed by atoms with E-state index in [-0.39, 0.29) is 12.0 Å². The fourth-order valence-corrected chi connectivity index (χ4v) is 4.99. The highest BCUT2D eigenvalue weighted by Gasteiger charge is 2.27. The molecule has 1 N–H and O–H groups in total. The number of ether oxygens (including phenoxy) is 1. The summed E-state index contributed by atoms with van der Waals surface area (Å²) in [5.74, 6) is -0.0728. The zero-order valence-corrected chi connectivity index (χ0v) is 21.0. The maximum atomic E-state index is 11.4. The minimum Gasteiger partial charge on any atom is -0.466 e. The molecule has 3 rings (SSSR count). The highest BCUT2D eigenvalue weighted by Crippen LogP contribution is 2.42. The number of hydrogen-bond acceptors (Lipinski definition) is 5. The number of allylic oxidation sites excluding steroid dienone is 3. The average molecular weight is 457 g/mol. The molecule has 1 unspecified atom stereocenters. The van der Waals surface area contributed by atoms with Gasteiger partial charge >= 0.3 is 5.97 Å². The molecule has 0 amide bonds. The van der Waals surface area contributed by atoms with E-state index in [0.29, 0.717) is 13.0 Å². The van der Waals surface area contributed by atoms with Crippen LogP contribution in [0.2, 0.25) is 0 Å². The minimum atomic E-state index is -0.0728. The van der Waals surface area contributed by atoms with E-state index >= 15 is 0 Å². The quantitative estimate of drug-likeness (QED) is 0.234. The van der Waals surface area contributed by atoms with Gasteiger partial charge in [0.1, 0.15) is 0 Å². The normalized spacial score (nSPS) is 17.0. The van der Waals surface area contributed by atoms with Gasteiger partial charge in [-0.1, -0.05) is 63.1 Å². The van der Waals surface area contributed by atoms with Crippen LogP contribution in [-0.4, -0.2) is 30.0 Å². The average Bonchev–Trinajstić information content (AvgIpc) is 3.13. The number of unbranched alkanes of at least 4 members (excludes halogenated alkanes) is 3. The fourth-order valence-electron chi connectivity index (χ4n) is 3.93. The maximum absolute atomic E-state index is 11.4. The summed E-state index contributed by atoms with van der Waals surface area (Å²) < 4.78 is 7.40. The van der Waals surface area contributed by atoms with Gasteiger partial charge in [0, 0.05) is 17.9 Å². The van der Waals surface area contributed by atoms with Crippen LogP contribution < -0.4 is 5.32 Å². The van der Waals surface area contributed by atoms with Gasteiger partial charge in [-0.25, -0.2) is 0 Å². The third kappa shape index (κ3) is 7.56. The van der Waals surface area contributed by atoms with Crippen LogP contribution in [0.15, 0.2) is 64.7 Å². The van der Waals surface area contributed by atoms with Crippen LogP contribution in [0.5, 0.6) is 0 Å². The second-order valence-corrected chi connectivity index (χ2v) is 8.62. The summed E-state index contributed by atoms with van der Waals surface area (Å²) in [6, 6.07) is 8.95. The van der Waals surface area contributed by atoms with Crippen molar-refractivity contribution < 1.29 is 9.53 Å². The third-order valence-corrected chi connectivity index (χ3v) is 6.65. The zero-order valence-electron chi connectivity index (χ0n) is 20.2. The monoisotopic (exact) mass is 456 g/mol. The number of esters is 1. The topological polar surface area (TPSA) is 41.6 Å². The number of hydrogen-bond donors (Lipinski definition) is 1. The summed E-state index contributed by atoms with van der Waals surface area (Å²) in [5.41, 5.74) is 4.01. The summed E-state index contributed by atoms with van der Waals surface area (Å²) in [6.45, 7) is 10.5. The Kier molecular flexibility index (Phi) is 12.3. The standard InChI is InChI=1S/C25H34N2O2S.C2H6/c1-3-27-22-16-9-7-8-14-20(22)25(21-15-11-12-17-23(21)30-27)26-19-13-6-5-10-18-24(28)29-4-2;1-2/h8-9,11-12,14-17,25-26H,3-7,10,13,18-19H2,1-2H3;1-2H3. The van der Waals surface area contributed by atoms with Crippen molar-refractivity contribution in [2.75, 3.05) is 19.7 Å². The maximum Gasteiger partial charge on any atom is 0.305 e. The number of nitrogens with one attached hydrogen (secondary N) is 1. The van der Waals surface area contributed by atoms with Gasteiger partial charge in [0.05, 0.1) is 18.3 Å². The van der Waals surface area contributed by atoms with Gasteiger partial charge in [-0.15, -0.1) is 0 Å². The third-order valence-electron chi connectivity index (χ3n) is 5.41. The van der Waals surface area contributed by atoms with Crippen molar-refractivity contribution in [3.8, 4) is 0 Å². The Bertz CT molecular complexity index is 801. The van der Waals surface area contributed by atoms with Gasteiger partial charge in [-0.05, 0) is 74.9 Å². The molecule has 1 atom stereocenters. The molecule has 1 heterocycles. The second-order valence-electron chi connectivity index (χ2n) is 7.56. The number of carbonyl (C=O) groups excluding carboxylic acids is 1. The SMILES string of the molecule is CC.CCOC(=O)CCCCCCNC1C2=C(C=CCC=C2)N(CC)Sc2ccccc21. The van der Waals surface area contributed by atoms with Gasteiger partial charge in [-0.2, -0.15) is 0 Å². The molecule has 0 spiro atoms. The molecule has 0 radical (unpaired) electrons. The van der Waals surface area contributed by atoms with Crippen molar-refractivity contribution in [2.24, 2.45) is 0 Å². The van der Waals surface area contributed by atoms with Crippen molar-refractivity contribution in [3.05, 3.63) is 65.4 Å². The molecule has 1 aliphatic carbocycles. The zero-order chi connectivity index (χ0) is 23.2. The number of likely N-dealkylation sites (N-methyl/N-ethyl adjacent to an activating group) is 1. The van der Waals surface area contributed by atoms with Crippen LogP contribution in [0.3, 0.4) is 0 Å². The molecule has 176 valence electrons. The van der Waals surface area contributed by atoms with E-state index in [9.17, 15) is 4.79 Å². The Labute approximate surface area is 199 Å². The van der Waals surface area contributed by atoms with Crippen molar-refractivity contribution in [3.63, 3.8) is 0 Å².